The molecule has 0 N–H and O–H groups in total. The molecule has 0 radical (unpaired) electrons. The van der Waals surface area contributed by atoms with Crippen LogP contribution in [0.1, 0.15) is 27.0 Å². The highest BCUT2D eigenvalue weighted by atomic mass is 19.1. The Morgan fingerprint density at radius 3 is 2.88 bits per heavy atom. The third-order valence-corrected chi connectivity index (χ3v) is 4.38. The van der Waals surface area contributed by atoms with Crippen LogP contribution in [0.25, 0.3) is 10.9 Å². The van der Waals surface area contributed by atoms with E-state index in [-0.39, 0.29) is 12.4 Å². The first-order valence-corrected chi connectivity index (χ1v) is 8.11. The molecule has 0 amide bonds. The van der Waals surface area contributed by atoms with Crippen molar-refractivity contribution in [3.63, 3.8) is 0 Å². The molecule has 1 aromatic heterocycles. The van der Waals surface area contributed by atoms with Gasteiger partial charge in [0.15, 0.2) is 12.0 Å². The van der Waals surface area contributed by atoms with Crippen LogP contribution in [-0.4, -0.2) is 46.5 Å². The predicted octanol–water partition coefficient (Wildman–Crippen LogP) is 2.16. The lowest BCUT2D eigenvalue weighted by atomic mass is 10.1. The van der Waals surface area contributed by atoms with Gasteiger partial charge in [0.25, 0.3) is 0 Å². The minimum atomic E-state index is -0.792. The van der Waals surface area contributed by atoms with Crippen LogP contribution >= 0.6 is 0 Å². The maximum absolute atomic E-state index is 13.7. The number of carbonyl (C=O) groups excluding carboxylic acids is 1. The second kappa shape index (κ2) is 5.76. The molecule has 4 rings (SSSR count). The second-order valence-electron chi connectivity index (χ2n) is 6.72. The summed E-state index contributed by atoms with van der Waals surface area (Å²) in [6.45, 7) is 5.02. The standard InChI is InChI=1S/C17H19FN2O5/c1-9(21)22-8-13-14-15(25-17(2,3)24-14)16(23-13)20-12-6-11(18)5-4-10(12)7-19-20/h4-7,13-16H,8H2,1-3H3/t13-,14-,15-,16-/m1/s1. The summed E-state index contributed by atoms with van der Waals surface area (Å²) < 4.78 is 38.3. The van der Waals surface area contributed by atoms with Gasteiger partial charge >= 0.3 is 5.97 Å². The van der Waals surface area contributed by atoms with Gasteiger partial charge in [-0.15, -0.1) is 0 Å². The molecule has 25 heavy (non-hydrogen) atoms. The zero-order valence-electron chi connectivity index (χ0n) is 14.1. The van der Waals surface area contributed by atoms with E-state index in [1.54, 1.807) is 16.9 Å². The number of hydrogen-bond donors (Lipinski definition) is 0. The summed E-state index contributed by atoms with van der Waals surface area (Å²) in [7, 11) is 0. The number of ether oxygens (including phenoxy) is 4. The molecule has 4 atom stereocenters. The van der Waals surface area contributed by atoms with Crippen molar-refractivity contribution in [1.29, 1.82) is 0 Å². The number of esters is 1. The SMILES string of the molecule is CC(=O)OC[C@H]1O[C@@H](n2ncc3ccc(F)cc32)[C@@H]2OC(C)(C)O[C@@H]21. The van der Waals surface area contributed by atoms with Crippen molar-refractivity contribution in [2.24, 2.45) is 0 Å². The summed E-state index contributed by atoms with van der Waals surface area (Å²) in [6.07, 6.45) is -0.303. The van der Waals surface area contributed by atoms with Crippen molar-refractivity contribution in [2.45, 2.75) is 51.1 Å². The van der Waals surface area contributed by atoms with Crippen LogP contribution in [0.4, 0.5) is 4.39 Å². The molecule has 134 valence electrons. The Balaban J connectivity index is 1.68. The molecule has 2 fully saturated rings. The Bertz CT molecular complexity index is 820. The first kappa shape index (κ1) is 16.4. The number of halogens is 1. The molecule has 0 bridgehead atoms. The highest BCUT2D eigenvalue weighted by Crippen LogP contribution is 2.43. The summed E-state index contributed by atoms with van der Waals surface area (Å²) in [6, 6.07) is 4.45. The molecule has 7 nitrogen and oxygen atoms in total. The molecule has 8 heteroatoms. The van der Waals surface area contributed by atoms with E-state index in [0.717, 1.165) is 5.39 Å². The van der Waals surface area contributed by atoms with E-state index in [1.165, 1.54) is 19.1 Å². The van der Waals surface area contributed by atoms with E-state index in [0.29, 0.717) is 5.52 Å². The summed E-state index contributed by atoms with van der Waals surface area (Å²) in [5, 5.41) is 5.13. The normalized spacial score (nSPS) is 30.6. The fraction of sp³-hybridized carbons (Fsp3) is 0.529. The van der Waals surface area contributed by atoms with E-state index in [2.05, 4.69) is 5.10 Å². The largest absolute Gasteiger partial charge is 0.463 e. The fourth-order valence-electron chi connectivity index (χ4n) is 3.40. The Hall–Kier alpha value is -2.03. The van der Waals surface area contributed by atoms with Crippen molar-refractivity contribution in [1.82, 2.24) is 9.78 Å². The van der Waals surface area contributed by atoms with Gasteiger partial charge in [-0.05, 0) is 32.0 Å². The molecular formula is C17H19FN2O5. The van der Waals surface area contributed by atoms with E-state index < -0.39 is 36.3 Å². The molecule has 1 aromatic carbocycles. The number of benzene rings is 1. The first-order valence-electron chi connectivity index (χ1n) is 8.11. The van der Waals surface area contributed by atoms with Gasteiger partial charge in [0.1, 0.15) is 30.7 Å². The van der Waals surface area contributed by atoms with Crippen molar-refractivity contribution in [3.05, 3.63) is 30.2 Å². The zero-order valence-corrected chi connectivity index (χ0v) is 14.1. The van der Waals surface area contributed by atoms with Crippen LogP contribution in [0, 0.1) is 5.82 Å². The summed E-state index contributed by atoms with van der Waals surface area (Å²) >= 11 is 0. The Labute approximate surface area is 143 Å². The smallest absolute Gasteiger partial charge is 0.302 e. The predicted molar refractivity (Wildman–Crippen MR) is 84.1 cm³/mol. The van der Waals surface area contributed by atoms with Crippen molar-refractivity contribution >= 4 is 16.9 Å². The lowest BCUT2D eigenvalue weighted by Gasteiger charge is -2.24. The van der Waals surface area contributed by atoms with E-state index in [9.17, 15) is 9.18 Å². The average molecular weight is 350 g/mol. The number of aromatic nitrogens is 2. The maximum Gasteiger partial charge on any atom is 0.302 e. The maximum atomic E-state index is 13.7. The topological polar surface area (TPSA) is 71.8 Å². The highest BCUT2D eigenvalue weighted by Gasteiger charge is 2.56. The lowest BCUT2D eigenvalue weighted by Crippen LogP contribution is -2.33. The van der Waals surface area contributed by atoms with Crippen molar-refractivity contribution in [3.8, 4) is 0 Å². The molecule has 0 saturated carbocycles. The van der Waals surface area contributed by atoms with Crippen molar-refractivity contribution in [2.75, 3.05) is 6.61 Å². The zero-order chi connectivity index (χ0) is 17.8. The minimum absolute atomic E-state index is 0.0556. The van der Waals surface area contributed by atoms with Crippen LogP contribution < -0.4 is 0 Å². The fourth-order valence-corrected chi connectivity index (χ4v) is 3.40. The first-order chi connectivity index (χ1) is 11.8. The van der Waals surface area contributed by atoms with Gasteiger partial charge in [-0.1, -0.05) is 0 Å². The quantitative estimate of drug-likeness (QED) is 0.790. The molecule has 3 heterocycles. The molecule has 2 saturated heterocycles. The second-order valence-corrected chi connectivity index (χ2v) is 6.72. The van der Waals surface area contributed by atoms with Crippen LogP contribution in [0.3, 0.4) is 0 Å². The highest BCUT2D eigenvalue weighted by molar-refractivity contribution is 5.78. The van der Waals surface area contributed by atoms with E-state index >= 15 is 0 Å². The van der Waals surface area contributed by atoms with Crippen LogP contribution in [0.2, 0.25) is 0 Å². The van der Waals surface area contributed by atoms with Crippen LogP contribution in [0.5, 0.6) is 0 Å². The van der Waals surface area contributed by atoms with Crippen LogP contribution in [-0.2, 0) is 23.7 Å². The van der Waals surface area contributed by atoms with Gasteiger partial charge in [0.05, 0.1) is 11.7 Å². The monoisotopic (exact) mass is 350 g/mol. The third-order valence-electron chi connectivity index (χ3n) is 4.38. The Morgan fingerprint density at radius 2 is 2.12 bits per heavy atom. The van der Waals surface area contributed by atoms with Gasteiger partial charge < -0.3 is 18.9 Å². The van der Waals surface area contributed by atoms with E-state index in [1.807, 2.05) is 13.8 Å². The van der Waals surface area contributed by atoms with Gasteiger partial charge in [-0.3, -0.25) is 4.79 Å². The summed E-state index contributed by atoms with van der Waals surface area (Å²) in [5.41, 5.74) is 0.602. The minimum Gasteiger partial charge on any atom is -0.463 e. The number of nitrogens with zero attached hydrogens (tertiary/aromatic N) is 2. The van der Waals surface area contributed by atoms with Gasteiger partial charge in [0.2, 0.25) is 0 Å². The molecular weight excluding hydrogens is 331 g/mol. The number of fused-ring (bicyclic) bond motifs is 2. The Kier molecular flexibility index (Phi) is 3.78. The van der Waals surface area contributed by atoms with Gasteiger partial charge in [-0.25, -0.2) is 9.07 Å². The molecule has 0 spiro atoms. The molecule has 0 aliphatic carbocycles. The third kappa shape index (κ3) is 2.90. The average Bonchev–Trinajstić information content (AvgIpc) is 3.16. The molecule has 2 aliphatic heterocycles. The van der Waals surface area contributed by atoms with Crippen molar-refractivity contribution < 1.29 is 28.1 Å². The van der Waals surface area contributed by atoms with Gasteiger partial charge in [-0.2, -0.15) is 5.10 Å². The van der Waals surface area contributed by atoms with Crippen LogP contribution in [0.15, 0.2) is 24.4 Å². The molecule has 2 aromatic rings. The molecule has 0 unspecified atom stereocenters. The number of rotatable bonds is 3. The number of hydrogen-bond acceptors (Lipinski definition) is 6. The molecule has 2 aliphatic rings. The number of carbonyl (C=O) groups is 1. The van der Waals surface area contributed by atoms with Gasteiger partial charge in [0, 0.05) is 12.3 Å². The summed E-state index contributed by atoms with van der Waals surface area (Å²) in [5.74, 6) is -1.54. The Morgan fingerprint density at radius 1 is 1.36 bits per heavy atom. The summed E-state index contributed by atoms with van der Waals surface area (Å²) in [4.78, 5) is 11.1. The van der Waals surface area contributed by atoms with E-state index in [4.69, 9.17) is 18.9 Å². The lowest BCUT2D eigenvalue weighted by molar-refractivity contribution is -0.203.